The number of benzene rings is 2. The fourth-order valence-corrected chi connectivity index (χ4v) is 1.94. The van der Waals surface area contributed by atoms with Gasteiger partial charge in [0.05, 0.1) is 0 Å². The van der Waals surface area contributed by atoms with E-state index in [1.54, 1.807) is 36.4 Å². The summed E-state index contributed by atoms with van der Waals surface area (Å²) in [6.07, 6.45) is 0.292. The molecule has 0 saturated carbocycles. The van der Waals surface area contributed by atoms with Gasteiger partial charge in [-0.25, -0.2) is 4.79 Å². The molecule has 24 heavy (non-hydrogen) atoms. The topological polar surface area (TPSA) is 64.6 Å². The second-order valence-electron chi connectivity index (χ2n) is 6.30. The molecule has 0 aliphatic rings. The lowest BCUT2D eigenvalue weighted by Gasteiger charge is -2.19. The molecule has 2 aromatic rings. The number of hydrogen-bond acceptors (Lipinski definition) is 4. The van der Waals surface area contributed by atoms with Crippen molar-refractivity contribution in [2.45, 2.75) is 33.0 Å². The van der Waals surface area contributed by atoms with Crippen molar-refractivity contribution in [2.24, 2.45) is 0 Å². The van der Waals surface area contributed by atoms with E-state index in [1.165, 1.54) is 0 Å². The number of ether oxygens (including phenoxy) is 2. The van der Waals surface area contributed by atoms with Gasteiger partial charge in [0.25, 0.3) is 0 Å². The second kappa shape index (κ2) is 7.64. The van der Waals surface area contributed by atoms with Crippen LogP contribution >= 0.6 is 0 Å². The average molecular weight is 327 g/mol. The van der Waals surface area contributed by atoms with Gasteiger partial charge >= 0.3 is 6.09 Å². The highest BCUT2D eigenvalue weighted by Crippen LogP contribution is 2.19. The molecular weight excluding hydrogens is 306 g/mol. The molecule has 0 heterocycles. The number of rotatable bonds is 5. The van der Waals surface area contributed by atoms with Crippen LogP contribution in [0.15, 0.2) is 48.5 Å². The van der Waals surface area contributed by atoms with Gasteiger partial charge in [0.1, 0.15) is 24.2 Å². The molecule has 0 aliphatic carbocycles. The molecule has 0 radical (unpaired) electrons. The van der Waals surface area contributed by atoms with Gasteiger partial charge in [-0.3, -0.25) is 10.1 Å². The normalized spacial score (nSPS) is 10.8. The molecule has 0 fully saturated rings. The Morgan fingerprint density at radius 3 is 2.46 bits per heavy atom. The molecule has 0 atom stereocenters. The van der Waals surface area contributed by atoms with E-state index < -0.39 is 11.7 Å². The first kappa shape index (κ1) is 17.5. The van der Waals surface area contributed by atoms with Crippen molar-refractivity contribution in [1.29, 1.82) is 0 Å². The maximum Gasteiger partial charge on any atom is 0.412 e. The minimum absolute atomic E-state index is 0.370. The minimum atomic E-state index is -0.550. The fourth-order valence-electron chi connectivity index (χ4n) is 1.94. The third-order valence-corrected chi connectivity index (χ3v) is 3.00. The van der Waals surface area contributed by atoms with E-state index in [-0.39, 0.29) is 0 Å². The summed E-state index contributed by atoms with van der Waals surface area (Å²) in [5.74, 6) is 0.628. The molecule has 5 nitrogen and oxygen atoms in total. The Balaban J connectivity index is 1.94. The number of nitrogens with one attached hydrogen (secondary N) is 1. The smallest absolute Gasteiger partial charge is 0.412 e. The van der Waals surface area contributed by atoms with Crippen molar-refractivity contribution >= 4 is 18.1 Å². The third kappa shape index (κ3) is 5.76. The third-order valence-electron chi connectivity index (χ3n) is 3.00. The predicted octanol–water partition coefficient (Wildman–Crippen LogP) is 4.43. The van der Waals surface area contributed by atoms with Crippen molar-refractivity contribution in [1.82, 2.24) is 0 Å². The van der Waals surface area contributed by atoms with Gasteiger partial charge in [-0.05, 0) is 38.5 Å². The molecule has 0 saturated heterocycles. The van der Waals surface area contributed by atoms with Crippen LogP contribution < -0.4 is 10.1 Å². The van der Waals surface area contributed by atoms with E-state index in [9.17, 15) is 9.59 Å². The maximum absolute atomic E-state index is 11.8. The minimum Gasteiger partial charge on any atom is -0.489 e. The second-order valence-corrected chi connectivity index (χ2v) is 6.30. The summed E-state index contributed by atoms with van der Waals surface area (Å²) in [7, 11) is 0. The first-order chi connectivity index (χ1) is 11.4. The summed E-state index contributed by atoms with van der Waals surface area (Å²) in [6.45, 7) is 5.79. The molecular formula is C19H21NO4. The quantitative estimate of drug-likeness (QED) is 0.825. The largest absolute Gasteiger partial charge is 0.489 e. The van der Waals surface area contributed by atoms with Crippen LogP contribution in [0.1, 0.15) is 36.7 Å². The van der Waals surface area contributed by atoms with Gasteiger partial charge in [0, 0.05) is 17.3 Å². The predicted molar refractivity (Wildman–Crippen MR) is 92.5 cm³/mol. The number of aldehydes is 1. The number of hydrogen-bond donors (Lipinski definition) is 1. The van der Waals surface area contributed by atoms with Crippen LogP contribution in [-0.2, 0) is 11.3 Å². The van der Waals surface area contributed by atoms with E-state index in [2.05, 4.69) is 5.32 Å². The SMILES string of the molecule is CC(C)(C)OC(=O)Nc1cccc(OCc2ccc(C=O)cc2)c1. The monoisotopic (exact) mass is 327 g/mol. The van der Waals surface area contributed by atoms with Crippen molar-refractivity contribution in [2.75, 3.05) is 5.32 Å². The molecule has 5 heteroatoms. The molecule has 2 rings (SSSR count). The summed E-state index contributed by atoms with van der Waals surface area (Å²) in [6, 6.07) is 14.2. The first-order valence-electron chi connectivity index (χ1n) is 7.63. The molecule has 1 N–H and O–H groups in total. The molecule has 1 amide bonds. The lowest BCUT2D eigenvalue weighted by atomic mass is 10.1. The molecule has 0 aromatic heterocycles. The van der Waals surface area contributed by atoms with Gasteiger partial charge in [-0.2, -0.15) is 0 Å². The van der Waals surface area contributed by atoms with Crippen LogP contribution in [0.5, 0.6) is 5.75 Å². The van der Waals surface area contributed by atoms with Crippen LogP contribution in [-0.4, -0.2) is 18.0 Å². The zero-order chi connectivity index (χ0) is 17.6. The Kier molecular flexibility index (Phi) is 5.58. The zero-order valence-electron chi connectivity index (χ0n) is 14.0. The van der Waals surface area contributed by atoms with E-state index in [4.69, 9.17) is 9.47 Å². The Morgan fingerprint density at radius 1 is 1.12 bits per heavy atom. The molecule has 126 valence electrons. The van der Waals surface area contributed by atoms with Crippen molar-refractivity contribution in [3.63, 3.8) is 0 Å². The van der Waals surface area contributed by atoms with Crippen LogP contribution in [0.25, 0.3) is 0 Å². The molecule has 0 spiro atoms. The standard InChI is InChI=1S/C19H21NO4/c1-19(2,3)24-18(22)20-16-5-4-6-17(11-16)23-13-15-9-7-14(12-21)8-10-15/h4-12H,13H2,1-3H3,(H,20,22). The Labute approximate surface area is 141 Å². The van der Waals surface area contributed by atoms with Crippen LogP contribution in [0.2, 0.25) is 0 Å². The zero-order valence-corrected chi connectivity index (χ0v) is 14.0. The average Bonchev–Trinajstić information content (AvgIpc) is 2.52. The van der Waals surface area contributed by atoms with Crippen molar-refractivity contribution < 1.29 is 19.1 Å². The van der Waals surface area contributed by atoms with E-state index in [1.807, 2.05) is 32.9 Å². The number of amides is 1. The highest BCUT2D eigenvalue weighted by atomic mass is 16.6. The number of carbonyl (C=O) groups is 2. The molecule has 0 aliphatic heterocycles. The van der Waals surface area contributed by atoms with Gasteiger partial charge < -0.3 is 9.47 Å². The highest BCUT2D eigenvalue weighted by Gasteiger charge is 2.16. The van der Waals surface area contributed by atoms with E-state index >= 15 is 0 Å². The maximum atomic E-state index is 11.8. The van der Waals surface area contributed by atoms with Gasteiger partial charge in [0.2, 0.25) is 0 Å². The van der Waals surface area contributed by atoms with Crippen molar-refractivity contribution in [3.8, 4) is 5.75 Å². The van der Waals surface area contributed by atoms with Gasteiger partial charge in [-0.15, -0.1) is 0 Å². The first-order valence-corrected chi connectivity index (χ1v) is 7.63. The Morgan fingerprint density at radius 2 is 1.83 bits per heavy atom. The fraction of sp³-hybridized carbons (Fsp3) is 0.263. The molecule has 0 bridgehead atoms. The Hall–Kier alpha value is -2.82. The van der Waals surface area contributed by atoms with Gasteiger partial charge in [-0.1, -0.05) is 30.3 Å². The number of anilines is 1. The molecule has 0 unspecified atom stereocenters. The Bertz CT molecular complexity index is 702. The summed E-state index contributed by atoms with van der Waals surface area (Å²) in [4.78, 5) is 22.4. The van der Waals surface area contributed by atoms with Crippen LogP contribution in [0.4, 0.5) is 10.5 Å². The van der Waals surface area contributed by atoms with Crippen molar-refractivity contribution in [3.05, 3.63) is 59.7 Å². The van der Waals surface area contributed by atoms with Crippen LogP contribution in [0.3, 0.4) is 0 Å². The van der Waals surface area contributed by atoms with E-state index in [0.717, 1.165) is 11.8 Å². The lowest BCUT2D eigenvalue weighted by Crippen LogP contribution is -2.27. The highest BCUT2D eigenvalue weighted by molar-refractivity contribution is 5.85. The van der Waals surface area contributed by atoms with E-state index in [0.29, 0.717) is 23.6 Å². The summed E-state index contributed by atoms with van der Waals surface area (Å²) in [5.41, 5.74) is 1.62. The van der Waals surface area contributed by atoms with Gasteiger partial charge in [0.15, 0.2) is 0 Å². The van der Waals surface area contributed by atoms with Crippen LogP contribution in [0, 0.1) is 0 Å². The lowest BCUT2D eigenvalue weighted by molar-refractivity contribution is 0.0636. The molecule has 2 aromatic carbocycles. The summed E-state index contributed by atoms with van der Waals surface area (Å²) in [5, 5.41) is 2.67. The summed E-state index contributed by atoms with van der Waals surface area (Å²) < 4.78 is 10.9. The summed E-state index contributed by atoms with van der Waals surface area (Å²) >= 11 is 0. The number of carbonyl (C=O) groups excluding carboxylic acids is 2.